The highest BCUT2D eigenvalue weighted by atomic mass is 127. The summed E-state index contributed by atoms with van der Waals surface area (Å²) in [5, 5.41) is 10.2. The quantitative estimate of drug-likeness (QED) is 0.471. The van der Waals surface area contributed by atoms with Gasteiger partial charge in [-0.25, -0.2) is 4.79 Å². The van der Waals surface area contributed by atoms with Crippen LogP contribution in [0, 0.1) is 0 Å². The molecular weight excluding hydrogens is 425 g/mol. The Morgan fingerprint density at radius 3 is 2.70 bits per heavy atom. The van der Waals surface area contributed by atoms with Crippen molar-refractivity contribution in [3.63, 3.8) is 0 Å². The van der Waals surface area contributed by atoms with Crippen molar-refractivity contribution in [1.82, 2.24) is 5.32 Å². The molecule has 0 radical (unpaired) electrons. The second kappa shape index (κ2) is 9.51. The van der Waals surface area contributed by atoms with Crippen LogP contribution < -0.4 is 10.1 Å². The number of carbonyl (C=O) groups excluding carboxylic acids is 1. The van der Waals surface area contributed by atoms with Crippen molar-refractivity contribution in [2.45, 2.75) is 18.8 Å². The predicted molar refractivity (Wildman–Crippen MR) is 101 cm³/mol. The van der Waals surface area contributed by atoms with Crippen LogP contribution >= 0.6 is 30.1 Å². The molecule has 0 spiro atoms. The summed E-state index contributed by atoms with van der Waals surface area (Å²) in [6.07, 6.45) is 0. The van der Waals surface area contributed by atoms with Gasteiger partial charge in [0, 0.05) is 6.54 Å². The molecule has 0 saturated heterocycles. The predicted octanol–water partition coefficient (Wildman–Crippen LogP) is 5.57. The topological polar surface area (TPSA) is 63.0 Å². The molecule has 7 heteroatoms. The maximum atomic E-state index is 11.6. The van der Waals surface area contributed by atoms with Gasteiger partial charge < -0.3 is 10.1 Å². The van der Waals surface area contributed by atoms with E-state index in [0.29, 0.717) is 6.54 Å². The molecule has 0 bridgehead atoms. The van der Waals surface area contributed by atoms with Gasteiger partial charge in [-0.1, -0.05) is 44.4 Å². The molecule has 0 heterocycles. The minimum absolute atomic E-state index is 0.0380. The van der Waals surface area contributed by atoms with E-state index in [2.05, 4.69) is 36.8 Å². The Kier molecular flexibility index (Phi) is 7.34. The molecule has 2 amide bonds. The minimum atomic E-state index is -0.448. The van der Waals surface area contributed by atoms with Gasteiger partial charge >= 0.3 is 6.03 Å². The van der Waals surface area contributed by atoms with Gasteiger partial charge in [0.2, 0.25) is 0 Å². The molecule has 2 rings (SSSR count). The number of azo groups is 1. The maximum Gasteiger partial charge on any atom is 0.359 e. The van der Waals surface area contributed by atoms with Gasteiger partial charge in [-0.05, 0) is 58.0 Å². The number of hydrogen-bond donors (Lipinski definition) is 1. The maximum absolute atomic E-state index is 11.6. The van der Waals surface area contributed by atoms with Crippen LogP contribution in [0.2, 0.25) is 0 Å². The first-order chi connectivity index (χ1) is 11.2. The summed E-state index contributed by atoms with van der Waals surface area (Å²) in [6, 6.07) is 16.7. The number of rotatable bonds is 6. The molecular formula is C16H16IN3O2S. The van der Waals surface area contributed by atoms with Gasteiger partial charge in [0.05, 0.1) is 0 Å². The Labute approximate surface area is 151 Å². The van der Waals surface area contributed by atoms with Gasteiger partial charge in [0.15, 0.2) is 0 Å². The molecule has 0 fully saturated rings. The molecule has 1 unspecified atom stereocenters. The molecule has 1 atom stereocenters. The van der Waals surface area contributed by atoms with Crippen molar-refractivity contribution >= 4 is 36.2 Å². The van der Waals surface area contributed by atoms with Crippen molar-refractivity contribution in [1.29, 1.82) is 0 Å². The number of nitrogens with one attached hydrogen (secondary N) is 1. The van der Waals surface area contributed by atoms with Crippen molar-refractivity contribution in [2.75, 3.05) is 0 Å². The van der Waals surface area contributed by atoms with Crippen LogP contribution in [-0.2, 0) is 6.54 Å². The monoisotopic (exact) mass is 441 g/mol. The second-order valence-corrected chi connectivity index (χ2v) is 7.01. The Bertz CT molecular complexity index is 667. The summed E-state index contributed by atoms with van der Waals surface area (Å²) in [4.78, 5) is 11.6. The lowest BCUT2D eigenvalue weighted by Crippen LogP contribution is -2.18. The first-order valence-corrected chi connectivity index (χ1v) is 10.4. The average molecular weight is 441 g/mol. The van der Waals surface area contributed by atoms with Crippen molar-refractivity contribution in [3.05, 3.63) is 60.2 Å². The lowest BCUT2D eigenvalue weighted by Gasteiger charge is -2.07. The highest BCUT2D eigenvalue weighted by Crippen LogP contribution is 2.22. The third-order valence-corrected chi connectivity index (χ3v) is 5.32. The standard InChI is InChI=1S/C16H16IN3O2S/c1-12(23-17)19-20-16(21)18-11-13-6-5-9-15(10-13)22-14-7-3-2-4-8-14/h2-10,12H,11H2,1H3,(H,18,21)/b20-19-. The minimum Gasteiger partial charge on any atom is -0.457 e. The van der Waals surface area contributed by atoms with Crippen LogP contribution in [0.4, 0.5) is 4.79 Å². The number of nitrogens with zero attached hydrogens (tertiary/aromatic N) is 2. The zero-order valence-corrected chi connectivity index (χ0v) is 15.5. The van der Waals surface area contributed by atoms with Gasteiger partial charge in [0.25, 0.3) is 0 Å². The SMILES string of the molecule is CC(/N=N\C(=O)NCc1cccc(Oc2ccccc2)c1)SI. The Morgan fingerprint density at radius 2 is 1.96 bits per heavy atom. The van der Waals surface area contributed by atoms with Crippen molar-refractivity contribution < 1.29 is 9.53 Å². The van der Waals surface area contributed by atoms with E-state index >= 15 is 0 Å². The Hall–Kier alpha value is -1.61. The van der Waals surface area contributed by atoms with E-state index < -0.39 is 6.03 Å². The second-order valence-electron chi connectivity index (χ2n) is 4.63. The molecule has 2 aromatic carbocycles. The number of halogens is 1. The molecule has 1 N–H and O–H groups in total. The van der Waals surface area contributed by atoms with E-state index in [1.807, 2.05) is 61.5 Å². The molecule has 23 heavy (non-hydrogen) atoms. The first kappa shape index (κ1) is 17.7. The Morgan fingerprint density at radius 1 is 1.22 bits per heavy atom. The summed E-state index contributed by atoms with van der Waals surface area (Å²) in [6.45, 7) is 2.24. The summed E-state index contributed by atoms with van der Waals surface area (Å²) in [5.41, 5.74) is 0.929. The fourth-order valence-corrected chi connectivity index (χ4v) is 2.10. The van der Waals surface area contributed by atoms with Crippen LogP contribution in [0.1, 0.15) is 12.5 Å². The number of amides is 2. The van der Waals surface area contributed by atoms with Crippen molar-refractivity contribution in [2.24, 2.45) is 10.2 Å². The lowest BCUT2D eigenvalue weighted by atomic mass is 10.2. The van der Waals surface area contributed by atoms with E-state index in [-0.39, 0.29) is 5.37 Å². The average Bonchev–Trinajstić information content (AvgIpc) is 2.59. The molecule has 0 aliphatic heterocycles. The highest BCUT2D eigenvalue weighted by Gasteiger charge is 2.03. The Balaban J connectivity index is 1.90. The third-order valence-electron chi connectivity index (χ3n) is 2.76. The van der Waals surface area contributed by atoms with E-state index in [9.17, 15) is 4.79 Å². The van der Waals surface area contributed by atoms with E-state index in [1.165, 1.54) is 8.93 Å². The molecule has 0 saturated carbocycles. The van der Waals surface area contributed by atoms with Gasteiger partial charge in [-0.2, -0.15) is 5.11 Å². The van der Waals surface area contributed by atoms with Crippen LogP contribution in [0.5, 0.6) is 11.5 Å². The number of benzene rings is 2. The summed E-state index contributed by atoms with van der Waals surface area (Å²) < 4.78 is 5.76. The number of carbonyl (C=O) groups is 1. The first-order valence-electron chi connectivity index (χ1n) is 6.95. The summed E-state index contributed by atoms with van der Waals surface area (Å²) >= 11 is 2.12. The summed E-state index contributed by atoms with van der Waals surface area (Å²) in [7, 11) is 1.50. The van der Waals surface area contributed by atoms with Gasteiger partial charge in [-0.15, -0.1) is 0 Å². The molecule has 5 nitrogen and oxygen atoms in total. The largest absolute Gasteiger partial charge is 0.457 e. The van der Waals surface area contributed by atoms with E-state index in [0.717, 1.165) is 17.1 Å². The van der Waals surface area contributed by atoms with Crippen LogP contribution in [0.3, 0.4) is 0 Å². The fourth-order valence-electron chi connectivity index (χ4n) is 1.71. The lowest BCUT2D eigenvalue weighted by molar-refractivity contribution is 0.247. The number of hydrogen-bond acceptors (Lipinski definition) is 4. The normalized spacial score (nSPS) is 12.1. The van der Waals surface area contributed by atoms with Crippen LogP contribution in [0.25, 0.3) is 0 Å². The smallest absolute Gasteiger partial charge is 0.359 e. The molecule has 0 aromatic heterocycles. The summed E-state index contributed by atoms with van der Waals surface area (Å²) in [5.74, 6) is 1.49. The zero-order valence-electron chi connectivity index (χ0n) is 12.5. The molecule has 120 valence electrons. The highest BCUT2D eigenvalue weighted by molar-refractivity contribution is 14.2. The van der Waals surface area contributed by atoms with E-state index in [4.69, 9.17) is 4.74 Å². The molecule has 2 aromatic rings. The van der Waals surface area contributed by atoms with Crippen molar-refractivity contribution in [3.8, 4) is 11.5 Å². The third kappa shape index (κ3) is 6.57. The van der Waals surface area contributed by atoms with Crippen LogP contribution in [0.15, 0.2) is 64.8 Å². The van der Waals surface area contributed by atoms with Crippen LogP contribution in [-0.4, -0.2) is 11.4 Å². The fraction of sp³-hybridized carbons (Fsp3) is 0.188. The number of para-hydroxylation sites is 1. The molecule has 0 aliphatic carbocycles. The van der Waals surface area contributed by atoms with Gasteiger partial charge in [0.1, 0.15) is 16.9 Å². The zero-order chi connectivity index (χ0) is 16.5. The molecule has 0 aliphatic rings. The number of ether oxygens (including phenoxy) is 1. The van der Waals surface area contributed by atoms with Gasteiger partial charge in [-0.3, -0.25) is 0 Å². The van der Waals surface area contributed by atoms with E-state index in [1.54, 1.807) is 0 Å². The number of urea groups is 1.